The van der Waals surface area contributed by atoms with Gasteiger partial charge in [-0.05, 0) is 36.8 Å². The van der Waals surface area contributed by atoms with Gasteiger partial charge < -0.3 is 9.64 Å². The Kier molecular flexibility index (Phi) is 5.10. The topological polar surface area (TPSA) is 46.6 Å². The van der Waals surface area contributed by atoms with Crippen molar-refractivity contribution in [2.45, 2.75) is 13.5 Å². The van der Waals surface area contributed by atoms with Crippen LogP contribution in [0.3, 0.4) is 0 Å². The summed E-state index contributed by atoms with van der Waals surface area (Å²) >= 11 is 0. The molecule has 4 heteroatoms. The Balaban J connectivity index is 0.000000154. The second kappa shape index (κ2) is 7.24. The molecule has 0 unspecified atom stereocenters. The molecule has 2 aliphatic rings. The molecule has 0 atom stereocenters. The molecule has 0 saturated carbocycles. The van der Waals surface area contributed by atoms with Crippen LogP contribution in [0.2, 0.25) is 0 Å². The van der Waals surface area contributed by atoms with Crippen LogP contribution in [0.5, 0.6) is 0 Å². The van der Waals surface area contributed by atoms with Crippen LogP contribution in [0.25, 0.3) is 0 Å². The lowest BCUT2D eigenvalue weighted by molar-refractivity contribution is -0.107. The maximum absolute atomic E-state index is 11.0. The predicted molar refractivity (Wildman–Crippen MR) is 81.1 cm³/mol. The Bertz CT molecular complexity index is 593. The van der Waals surface area contributed by atoms with Crippen molar-refractivity contribution in [3.05, 3.63) is 65.7 Å². The van der Waals surface area contributed by atoms with E-state index in [0.717, 1.165) is 18.6 Å². The lowest BCUT2D eigenvalue weighted by atomic mass is 10.1. The highest BCUT2D eigenvalue weighted by molar-refractivity contribution is 5.89. The molecule has 2 aromatic carbocycles. The van der Waals surface area contributed by atoms with Gasteiger partial charge in [0.05, 0.1) is 18.7 Å². The molecular weight excluding hydrogens is 266 g/mol. The van der Waals surface area contributed by atoms with Gasteiger partial charge in [0.2, 0.25) is 6.41 Å². The Morgan fingerprint density at radius 1 is 1.14 bits per heavy atom. The number of hydrogen-bond donors (Lipinski definition) is 0. The molecule has 2 aromatic rings. The number of hydrogen-bond acceptors (Lipinski definition) is 3. The summed E-state index contributed by atoms with van der Waals surface area (Å²) in [5.41, 5.74) is 2.79. The van der Waals surface area contributed by atoms with Crippen LogP contribution < -0.4 is 4.90 Å². The molecular formula is C17H17NO3. The molecule has 4 rings (SSSR count). The fourth-order valence-electron chi connectivity index (χ4n) is 1.97. The number of carbonyl (C=O) groups is 2. The van der Waals surface area contributed by atoms with Crippen molar-refractivity contribution in [2.75, 3.05) is 11.5 Å². The number of carbonyl (C=O) groups excluding carboxylic acids is 2. The summed E-state index contributed by atoms with van der Waals surface area (Å²) in [5, 5.41) is 0. The van der Waals surface area contributed by atoms with Crippen molar-refractivity contribution in [1.29, 1.82) is 0 Å². The largest absolute Gasteiger partial charge is 0.462 e. The van der Waals surface area contributed by atoms with E-state index in [9.17, 15) is 9.59 Å². The van der Waals surface area contributed by atoms with Gasteiger partial charge in [-0.1, -0.05) is 30.3 Å². The maximum atomic E-state index is 11.0. The summed E-state index contributed by atoms with van der Waals surface area (Å²) in [6.45, 7) is 2.96. The van der Waals surface area contributed by atoms with Crippen molar-refractivity contribution in [2.24, 2.45) is 0 Å². The molecule has 0 aromatic heterocycles. The normalized spacial score (nSPS) is 11.4. The van der Waals surface area contributed by atoms with Crippen LogP contribution in [-0.4, -0.2) is 19.0 Å². The number of nitrogens with zero attached hydrogens (tertiary/aromatic N) is 1. The third-order valence-electron chi connectivity index (χ3n) is 3.03. The third kappa shape index (κ3) is 3.92. The van der Waals surface area contributed by atoms with E-state index in [1.807, 2.05) is 42.5 Å². The minimum absolute atomic E-state index is 0.256. The van der Waals surface area contributed by atoms with Crippen LogP contribution in [0.4, 0.5) is 5.69 Å². The van der Waals surface area contributed by atoms with E-state index < -0.39 is 0 Å². The monoisotopic (exact) mass is 283 g/mol. The molecule has 0 spiro atoms. The molecule has 2 bridgehead atoms. The van der Waals surface area contributed by atoms with E-state index in [0.29, 0.717) is 12.2 Å². The van der Waals surface area contributed by atoms with E-state index >= 15 is 0 Å². The first-order chi connectivity index (χ1) is 10.2. The van der Waals surface area contributed by atoms with E-state index in [2.05, 4.69) is 0 Å². The lowest BCUT2D eigenvalue weighted by Crippen LogP contribution is -2.23. The number of amides is 1. The van der Waals surface area contributed by atoms with Gasteiger partial charge in [-0.2, -0.15) is 0 Å². The number of benzene rings is 2. The minimum Gasteiger partial charge on any atom is -0.462 e. The van der Waals surface area contributed by atoms with E-state index in [1.165, 1.54) is 5.56 Å². The zero-order valence-corrected chi connectivity index (χ0v) is 11.9. The minimum atomic E-state index is -0.256. The van der Waals surface area contributed by atoms with Gasteiger partial charge in [0.15, 0.2) is 0 Å². The zero-order chi connectivity index (χ0) is 15.1. The van der Waals surface area contributed by atoms with Crippen molar-refractivity contribution in [3.8, 4) is 0 Å². The SMILES string of the molecule is CCOC(=O)c1ccccc1.O=CN1Cc2ccc1cc2. The Hall–Kier alpha value is -2.62. The molecule has 1 amide bonds. The summed E-state index contributed by atoms with van der Waals surface area (Å²) in [4.78, 5) is 23.1. The summed E-state index contributed by atoms with van der Waals surface area (Å²) in [6.07, 6.45) is 0.863. The van der Waals surface area contributed by atoms with Gasteiger partial charge in [0.25, 0.3) is 0 Å². The van der Waals surface area contributed by atoms with Crippen LogP contribution in [0.15, 0.2) is 54.6 Å². The van der Waals surface area contributed by atoms with Crippen LogP contribution in [-0.2, 0) is 16.1 Å². The predicted octanol–water partition coefficient (Wildman–Crippen LogP) is 3.03. The van der Waals surface area contributed by atoms with Gasteiger partial charge in [-0.25, -0.2) is 4.79 Å². The van der Waals surface area contributed by atoms with Crippen molar-refractivity contribution >= 4 is 18.1 Å². The highest BCUT2D eigenvalue weighted by Gasteiger charge is 2.10. The van der Waals surface area contributed by atoms with Gasteiger partial charge in [0, 0.05) is 5.69 Å². The summed E-state index contributed by atoms with van der Waals surface area (Å²) < 4.78 is 4.79. The van der Waals surface area contributed by atoms with Crippen LogP contribution >= 0.6 is 0 Å². The Morgan fingerprint density at radius 2 is 1.81 bits per heavy atom. The number of rotatable bonds is 3. The number of ether oxygens (including phenoxy) is 1. The van der Waals surface area contributed by atoms with Crippen LogP contribution in [0.1, 0.15) is 22.8 Å². The highest BCUT2D eigenvalue weighted by atomic mass is 16.5. The molecule has 2 aliphatic heterocycles. The van der Waals surface area contributed by atoms with Crippen molar-refractivity contribution in [3.63, 3.8) is 0 Å². The molecule has 0 N–H and O–H groups in total. The standard InChI is InChI=1S/C9H10O2.C8H7NO/c1-2-11-9(10)8-6-4-3-5-7-8;10-6-9-5-7-1-3-8(9)4-2-7/h3-7H,2H2,1H3;1-4,6H,5H2. The average Bonchev–Trinajstić information content (AvgIpc) is 2.57. The number of anilines is 1. The van der Waals surface area contributed by atoms with E-state index in [1.54, 1.807) is 24.0 Å². The third-order valence-corrected chi connectivity index (χ3v) is 3.03. The first-order valence-corrected chi connectivity index (χ1v) is 6.77. The summed E-state index contributed by atoms with van der Waals surface area (Å²) in [6, 6.07) is 16.9. The summed E-state index contributed by atoms with van der Waals surface area (Å²) in [5.74, 6) is -0.256. The average molecular weight is 283 g/mol. The van der Waals surface area contributed by atoms with Gasteiger partial charge in [-0.3, -0.25) is 4.79 Å². The molecule has 0 saturated heterocycles. The fourth-order valence-corrected chi connectivity index (χ4v) is 1.97. The lowest BCUT2D eigenvalue weighted by Gasteiger charge is -2.22. The molecule has 0 radical (unpaired) electrons. The second-order valence-corrected chi connectivity index (χ2v) is 4.49. The van der Waals surface area contributed by atoms with Gasteiger partial charge >= 0.3 is 5.97 Å². The highest BCUT2D eigenvalue weighted by Crippen LogP contribution is 2.22. The number of fused-ring (bicyclic) bond motifs is 3. The van der Waals surface area contributed by atoms with E-state index in [4.69, 9.17) is 4.74 Å². The molecule has 108 valence electrons. The molecule has 4 nitrogen and oxygen atoms in total. The fraction of sp³-hybridized carbons (Fsp3) is 0.176. The smallest absolute Gasteiger partial charge is 0.338 e. The maximum Gasteiger partial charge on any atom is 0.338 e. The quantitative estimate of drug-likeness (QED) is 0.642. The van der Waals surface area contributed by atoms with Gasteiger partial charge in [0.1, 0.15) is 0 Å². The van der Waals surface area contributed by atoms with Crippen molar-refractivity contribution in [1.82, 2.24) is 0 Å². The Labute approximate surface area is 124 Å². The number of esters is 1. The first kappa shape index (κ1) is 14.8. The Morgan fingerprint density at radius 3 is 2.24 bits per heavy atom. The summed E-state index contributed by atoms with van der Waals surface area (Å²) in [7, 11) is 0. The van der Waals surface area contributed by atoms with E-state index in [-0.39, 0.29) is 5.97 Å². The van der Waals surface area contributed by atoms with Crippen molar-refractivity contribution < 1.29 is 14.3 Å². The second-order valence-electron chi connectivity index (χ2n) is 4.49. The van der Waals surface area contributed by atoms with Gasteiger partial charge in [-0.15, -0.1) is 0 Å². The molecule has 21 heavy (non-hydrogen) atoms. The van der Waals surface area contributed by atoms with Crippen LogP contribution in [0, 0.1) is 0 Å². The molecule has 2 heterocycles. The molecule has 0 aliphatic carbocycles. The first-order valence-electron chi connectivity index (χ1n) is 6.77. The zero-order valence-electron chi connectivity index (χ0n) is 11.9. The molecule has 0 fully saturated rings.